The molecule has 0 saturated carbocycles. The Morgan fingerprint density at radius 3 is 2.38 bits per heavy atom. The molecule has 3 aliphatic rings. The zero-order valence-corrected chi connectivity index (χ0v) is 16.3. The van der Waals surface area contributed by atoms with Crippen LogP contribution in [0.15, 0.2) is 0 Å². The molecular formula is C20H27N3O2S. The van der Waals surface area contributed by atoms with Gasteiger partial charge in [-0.2, -0.15) is 0 Å². The van der Waals surface area contributed by atoms with Gasteiger partial charge in [-0.15, -0.1) is 11.3 Å². The number of thiophene rings is 1. The average molecular weight is 374 g/mol. The Bertz CT molecular complexity index is 776. The summed E-state index contributed by atoms with van der Waals surface area (Å²) in [5.74, 6) is 2.00. The molecule has 5 nitrogen and oxygen atoms in total. The van der Waals surface area contributed by atoms with Gasteiger partial charge in [-0.1, -0.05) is 0 Å². The van der Waals surface area contributed by atoms with Gasteiger partial charge in [0, 0.05) is 31.2 Å². The fourth-order valence-corrected chi connectivity index (χ4v) is 5.93. The van der Waals surface area contributed by atoms with Crippen molar-refractivity contribution in [1.29, 1.82) is 0 Å². The fraction of sp³-hybridized carbons (Fsp3) is 0.700. The topological polar surface area (TPSA) is 47.5 Å². The van der Waals surface area contributed by atoms with E-state index in [9.17, 15) is 0 Å². The van der Waals surface area contributed by atoms with Crippen molar-refractivity contribution in [2.45, 2.75) is 64.1 Å². The molecule has 2 aromatic heterocycles. The van der Waals surface area contributed by atoms with Crippen LogP contribution in [0.2, 0.25) is 0 Å². The Labute approximate surface area is 158 Å². The second kappa shape index (κ2) is 7.06. The van der Waals surface area contributed by atoms with Crippen molar-refractivity contribution < 1.29 is 9.47 Å². The first kappa shape index (κ1) is 16.9. The Kier molecular flexibility index (Phi) is 4.59. The molecule has 0 amide bonds. The van der Waals surface area contributed by atoms with Crippen LogP contribution in [0.4, 0.5) is 5.82 Å². The van der Waals surface area contributed by atoms with E-state index in [1.165, 1.54) is 52.8 Å². The number of aromatic nitrogens is 2. The number of anilines is 1. The summed E-state index contributed by atoms with van der Waals surface area (Å²) < 4.78 is 11.9. The lowest BCUT2D eigenvalue weighted by Crippen LogP contribution is -2.38. The lowest BCUT2D eigenvalue weighted by molar-refractivity contribution is 0.0997. The first-order valence-corrected chi connectivity index (χ1v) is 10.9. The summed E-state index contributed by atoms with van der Waals surface area (Å²) in [6, 6.07) is 0. The summed E-state index contributed by atoms with van der Waals surface area (Å²) in [5, 5.41) is 1.31. The molecular weight excluding hydrogens is 346 g/mol. The van der Waals surface area contributed by atoms with Crippen LogP contribution in [0.3, 0.4) is 0 Å². The minimum atomic E-state index is 0.313. The van der Waals surface area contributed by atoms with Gasteiger partial charge in [-0.3, -0.25) is 0 Å². The van der Waals surface area contributed by atoms with E-state index in [-0.39, 0.29) is 0 Å². The van der Waals surface area contributed by atoms with E-state index in [0.717, 1.165) is 50.8 Å². The first-order valence-electron chi connectivity index (χ1n) is 10.0. The zero-order chi connectivity index (χ0) is 17.5. The standard InChI is InChI=1S/C20H27N3O2S/c1-13-21-19(18-16-7-2-8-17(16)26-20(18)22-13)23(11-14-5-3-9-24-14)12-15-6-4-10-25-15/h14-15H,2-12H2,1H3/t14-,15-/m1/s1. The van der Waals surface area contributed by atoms with Crippen molar-refractivity contribution in [2.24, 2.45) is 0 Å². The molecule has 1 aliphatic carbocycles. The summed E-state index contributed by atoms with van der Waals surface area (Å²) in [6.07, 6.45) is 8.90. The highest BCUT2D eigenvalue weighted by Gasteiger charge is 2.29. The number of fused-ring (bicyclic) bond motifs is 3. The maximum absolute atomic E-state index is 5.96. The van der Waals surface area contributed by atoms with Crippen molar-refractivity contribution in [3.8, 4) is 0 Å². The zero-order valence-electron chi connectivity index (χ0n) is 15.5. The van der Waals surface area contributed by atoms with Crippen LogP contribution in [0.25, 0.3) is 10.2 Å². The van der Waals surface area contributed by atoms with Crippen molar-refractivity contribution in [2.75, 3.05) is 31.2 Å². The number of rotatable bonds is 5. The molecule has 0 aromatic carbocycles. The molecule has 2 aromatic rings. The molecule has 2 aliphatic heterocycles. The monoisotopic (exact) mass is 373 g/mol. The van der Waals surface area contributed by atoms with Crippen LogP contribution in [-0.4, -0.2) is 48.5 Å². The minimum absolute atomic E-state index is 0.313. The number of aryl methyl sites for hydroxylation is 3. The van der Waals surface area contributed by atoms with Crippen LogP contribution in [0.5, 0.6) is 0 Å². The van der Waals surface area contributed by atoms with Gasteiger partial charge in [-0.25, -0.2) is 9.97 Å². The van der Waals surface area contributed by atoms with Gasteiger partial charge in [0.1, 0.15) is 16.5 Å². The average Bonchev–Trinajstić information content (AvgIpc) is 3.38. The van der Waals surface area contributed by atoms with E-state index in [1.54, 1.807) is 0 Å². The fourth-order valence-electron chi connectivity index (χ4n) is 4.62. The summed E-state index contributed by atoms with van der Waals surface area (Å²) in [5.41, 5.74) is 1.50. The number of ether oxygens (including phenoxy) is 2. The Balaban J connectivity index is 1.55. The molecule has 0 radical (unpaired) electrons. The van der Waals surface area contributed by atoms with Crippen LogP contribution in [0, 0.1) is 6.92 Å². The molecule has 0 spiro atoms. The predicted molar refractivity (Wildman–Crippen MR) is 104 cm³/mol. The smallest absolute Gasteiger partial charge is 0.141 e. The third-order valence-electron chi connectivity index (χ3n) is 5.85. The van der Waals surface area contributed by atoms with Crippen molar-refractivity contribution in [1.82, 2.24) is 9.97 Å². The Morgan fingerprint density at radius 2 is 1.73 bits per heavy atom. The second-order valence-electron chi connectivity index (χ2n) is 7.81. The number of hydrogen-bond donors (Lipinski definition) is 0. The molecule has 26 heavy (non-hydrogen) atoms. The van der Waals surface area contributed by atoms with Crippen LogP contribution in [0.1, 0.15) is 48.4 Å². The summed E-state index contributed by atoms with van der Waals surface area (Å²) in [4.78, 5) is 14.9. The van der Waals surface area contributed by atoms with E-state index < -0.39 is 0 Å². The third kappa shape index (κ3) is 3.12. The maximum atomic E-state index is 5.96. The Morgan fingerprint density at radius 1 is 1.00 bits per heavy atom. The molecule has 0 unspecified atom stereocenters. The van der Waals surface area contributed by atoms with Crippen LogP contribution < -0.4 is 4.90 Å². The lowest BCUT2D eigenvalue weighted by Gasteiger charge is -2.29. The highest BCUT2D eigenvalue weighted by molar-refractivity contribution is 7.19. The molecule has 4 heterocycles. The number of nitrogens with zero attached hydrogens (tertiary/aromatic N) is 3. The van der Waals surface area contributed by atoms with Crippen molar-refractivity contribution in [3.63, 3.8) is 0 Å². The van der Waals surface area contributed by atoms with E-state index >= 15 is 0 Å². The van der Waals surface area contributed by atoms with Gasteiger partial charge in [0.05, 0.1) is 17.6 Å². The van der Waals surface area contributed by atoms with E-state index in [0.29, 0.717) is 12.2 Å². The van der Waals surface area contributed by atoms with Gasteiger partial charge in [-0.05, 0) is 57.4 Å². The lowest BCUT2D eigenvalue weighted by atomic mass is 10.1. The maximum Gasteiger partial charge on any atom is 0.141 e. The van der Waals surface area contributed by atoms with Crippen molar-refractivity contribution in [3.05, 3.63) is 16.3 Å². The predicted octanol–water partition coefficient (Wildman–Crippen LogP) is 3.65. The van der Waals surface area contributed by atoms with Gasteiger partial charge < -0.3 is 14.4 Å². The first-order chi connectivity index (χ1) is 12.8. The quantitative estimate of drug-likeness (QED) is 0.801. The molecule has 140 valence electrons. The Hall–Kier alpha value is -1.24. The number of hydrogen-bond acceptors (Lipinski definition) is 6. The largest absolute Gasteiger partial charge is 0.376 e. The van der Waals surface area contributed by atoms with Crippen LogP contribution in [-0.2, 0) is 22.3 Å². The molecule has 6 heteroatoms. The molecule has 0 bridgehead atoms. The van der Waals surface area contributed by atoms with E-state index in [2.05, 4.69) is 4.90 Å². The normalized spacial score (nSPS) is 25.3. The molecule has 5 rings (SSSR count). The highest BCUT2D eigenvalue weighted by Crippen LogP contribution is 2.41. The summed E-state index contributed by atoms with van der Waals surface area (Å²) in [6.45, 7) is 5.63. The van der Waals surface area contributed by atoms with E-state index in [1.807, 2.05) is 18.3 Å². The highest BCUT2D eigenvalue weighted by atomic mass is 32.1. The molecule has 2 atom stereocenters. The molecule has 2 saturated heterocycles. The van der Waals surface area contributed by atoms with Gasteiger partial charge >= 0.3 is 0 Å². The van der Waals surface area contributed by atoms with E-state index in [4.69, 9.17) is 19.4 Å². The SMILES string of the molecule is Cc1nc(N(C[C@H]2CCCO2)C[C@H]2CCCO2)c2c3c(sc2n1)CCC3. The molecule has 0 N–H and O–H groups in total. The molecule has 2 fully saturated rings. The van der Waals surface area contributed by atoms with Crippen LogP contribution >= 0.6 is 11.3 Å². The minimum Gasteiger partial charge on any atom is -0.376 e. The van der Waals surface area contributed by atoms with Gasteiger partial charge in [0.25, 0.3) is 0 Å². The van der Waals surface area contributed by atoms with Crippen molar-refractivity contribution >= 4 is 27.4 Å². The third-order valence-corrected chi connectivity index (χ3v) is 7.04. The van der Waals surface area contributed by atoms with Gasteiger partial charge in [0.15, 0.2) is 0 Å². The summed E-state index contributed by atoms with van der Waals surface area (Å²) in [7, 11) is 0. The second-order valence-corrected chi connectivity index (χ2v) is 8.89. The summed E-state index contributed by atoms with van der Waals surface area (Å²) >= 11 is 1.88. The van der Waals surface area contributed by atoms with Gasteiger partial charge in [0.2, 0.25) is 0 Å².